The fourth-order valence-electron chi connectivity index (χ4n) is 2.61. The van der Waals surface area contributed by atoms with Crippen LogP contribution in [0.25, 0.3) is 11.1 Å². The summed E-state index contributed by atoms with van der Waals surface area (Å²) in [5.74, 6) is 0. The van der Waals surface area contributed by atoms with Crippen molar-refractivity contribution in [1.29, 1.82) is 0 Å². The van der Waals surface area contributed by atoms with E-state index in [0.717, 1.165) is 29.2 Å². The number of aliphatic hydroxyl groups is 1. The topological polar surface area (TPSA) is 20.2 Å². The van der Waals surface area contributed by atoms with Gasteiger partial charge < -0.3 is 5.11 Å². The Bertz CT molecular complexity index is 672. The SMILES string of the molecule is CC(O)(c1ccc2c(c1)Cc1ccccc1-2)C(F)(F)F. The van der Waals surface area contributed by atoms with Crippen molar-refractivity contribution >= 4 is 0 Å². The number of alkyl halides is 3. The molecule has 104 valence electrons. The molecule has 4 heteroatoms. The maximum atomic E-state index is 12.9. The van der Waals surface area contributed by atoms with Crippen molar-refractivity contribution in [2.24, 2.45) is 0 Å². The van der Waals surface area contributed by atoms with E-state index in [-0.39, 0.29) is 5.56 Å². The van der Waals surface area contributed by atoms with Gasteiger partial charge in [-0.1, -0.05) is 42.5 Å². The van der Waals surface area contributed by atoms with Crippen LogP contribution in [0, 0.1) is 0 Å². The minimum atomic E-state index is -4.69. The van der Waals surface area contributed by atoms with Crippen molar-refractivity contribution in [1.82, 2.24) is 0 Å². The Balaban J connectivity index is 2.08. The van der Waals surface area contributed by atoms with Crippen molar-refractivity contribution < 1.29 is 18.3 Å². The van der Waals surface area contributed by atoms with Crippen LogP contribution in [0.3, 0.4) is 0 Å². The number of rotatable bonds is 1. The first-order chi connectivity index (χ1) is 9.30. The van der Waals surface area contributed by atoms with Gasteiger partial charge in [-0.25, -0.2) is 0 Å². The summed E-state index contributed by atoms with van der Waals surface area (Å²) in [6, 6.07) is 12.2. The predicted molar refractivity (Wildman–Crippen MR) is 70.3 cm³/mol. The number of hydrogen-bond donors (Lipinski definition) is 1. The summed E-state index contributed by atoms with van der Waals surface area (Å²) >= 11 is 0. The van der Waals surface area contributed by atoms with Crippen LogP contribution in [0.2, 0.25) is 0 Å². The summed E-state index contributed by atoms with van der Waals surface area (Å²) in [5, 5.41) is 9.75. The maximum Gasteiger partial charge on any atom is 0.421 e. The van der Waals surface area contributed by atoms with Gasteiger partial charge in [-0.2, -0.15) is 13.2 Å². The minimum Gasteiger partial charge on any atom is -0.376 e. The molecule has 2 aromatic rings. The Morgan fingerprint density at radius 2 is 1.60 bits per heavy atom. The second-order valence-electron chi connectivity index (χ2n) is 5.28. The van der Waals surface area contributed by atoms with Crippen LogP contribution in [0.1, 0.15) is 23.6 Å². The Labute approximate surface area is 114 Å². The zero-order valence-electron chi connectivity index (χ0n) is 10.8. The number of fused-ring (bicyclic) bond motifs is 3. The highest BCUT2D eigenvalue weighted by atomic mass is 19.4. The number of halogens is 3. The second kappa shape index (κ2) is 4.09. The lowest BCUT2D eigenvalue weighted by Gasteiger charge is -2.27. The highest BCUT2D eigenvalue weighted by Crippen LogP contribution is 2.42. The van der Waals surface area contributed by atoms with Gasteiger partial charge in [0, 0.05) is 0 Å². The monoisotopic (exact) mass is 278 g/mol. The molecule has 0 saturated heterocycles. The summed E-state index contributed by atoms with van der Waals surface area (Å²) in [6.07, 6.45) is -4.08. The summed E-state index contributed by atoms with van der Waals surface area (Å²) < 4.78 is 38.7. The van der Waals surface area contributed by atoms with Gasteiger partial charge in [0.05, 0.1) is 0 Å². The van der Waals surface area contributed by atoms with Crippen LogP contribution in [0.15, 0.2) is 42.5 Å². The van der Waals surface area contributed by atoms with Crippen LogP contribution in [0.5, 0.6) is 0 Å². The van der Waals surface area contributed by atoms with Gasteiger partial charge in [-0.3, -0.25) is 0 Å². The molecule has 20 heavy (non-hydrogen) atoms. The summed E-state index contributed by atoms with van der Waals surface area (Å²) in [4.78, 5) is 0. The zero-order valence-corrected chi connectivity index (χ0v) is 10.8. The molecular weight excluding hydrogens is 265 g/mol. The van der Waals surface area contributed by atoms with Gasteiger partial charge >= 0.3 is 6.18 Å². The van der Waals surface area contributed by atoms with Crippen LogP contribution in [-0.4, -0.2) is 11.3 Å². The first kappa shape index (κ1) is 13.2. The van der Waals surface area contributed by atoms with Gasteiger partial charge in [0.15, 0.2) is 5.60 Å². The lowest BCUT2D eigenvalue weighted by molar-refractivity contribution is -0.258. The molecule has 0 spiro atoms. The van der Waals surface area contributed by atoms with E-state index in [1.54, 1.807) is 6.07 Å². The molecule has 0 aliphatic heterocycles. The molecule has 0 fully saturated rings. The molecular formula is C16H13F3O. The van der Waals surface area contributed by atoms with E-state index in [2.05, 4.69) is 0 Å². The summed E-state index contributed by atoms with van der Waals surface area (Å²) in [6.45, 7) is 0.789. The van der Waals surface area contributed by atoms with Gasteiger partial charge in [0.25, 0.3) is 0 Å². The predicted octanol–water partition coefficient (Wildman–Crippen LogP) is 4.03. The smallest absolute Gasteiger partial charge is 0.376 e. The molecule has 2 aromatic carbocycles. The molecule has 1 aliphatic rings. The molecule has 1 atom stereocenters. The van der Waals surface area contributed by atoms with E-state index in [4.69, 9.17) is 0 Å². The molecule has 0 amide bonds. The summed E-state index contributed by atoms with van der Waals surface area (Å²) in [5.41, 5.74) is 0.996. The average Bonchev–Trinajstić information content (AvgIpc) is 2.74. The summed E-state index contributed by atoms with van der Waals surface area (Å²) in [7, 11) is 0. The Morgan fingerprint density at radius 3 is 2.30 bits per heavy atom. The van der Waals surface area contributed by atoms with Crippen LogP contribution < -0.4 is 0 Å². The van der Waals surface area contributed by atoms with Gasteiger partial charge in [-0.05, 0) is 41.2 Å². The largest absolute Gasteiger partial charge is 0.421 e. The molecule has 3 rings (SSSR count). The quantitative estimate of drug-likeness (QED) is 0.712. The Morgan fingerprint density at radius 1 is 0.950 bits per heavy atom. The number of hydrogen-bond acceptors (Lipinski definition) is 1. The second-order valence-corrected chi connectivity index (χ2v) is 5.28. The van der Waals surface area contributed by atoms with E-state index in [1.807, 2.05) is 24.3 Å². The normalized spacial score (nSPS) is 16.4. The van der Waals surface area contributed by atoms with Gasteiger partial charge in [-0.15, -0.1) is 0 Å². The third-order valence-corrected chi connectivity index (χ3v) is 3.91. The molecule has 1 unspecified atom stereocenters. The van der Waals surface area contributed by atoms with Gasteiger partial charge in [0.2, 0.25) is 0 Å². The van der Waals surface area contributed by atoms with E-state index in [0.29, 0.717) is 6.42 Å². The molecule has 0 heterocycles. The lowest BCUT2D eigenvalue weighted by atomic mass is 9.92. The third-order valence-electron chi connectivity index (χ3n) is 3.91. The van der Waals surface area contributed by atoms with Crippen LogP contribution in [0.4, 0.5) is 13.2 Å². The molecule has 0 saturated carbocycles. The highest BCUT2D eigenvalue weighted by Gasteiger charge is 2.51. The fourth-order valence-corrected chi connectivity index (χ4v) is 2.61. The Hall–Kier alpha value is -1.81. The van der Waals surface area contributed by atoms with E-state index >= 15 is 0 Å². The number of benzene rings is 2. The Kier molecular flexibility index (Phi) is 2.70. The van der Waals surface area contributed by atoms with Gasteiger partial charge in [0.1, 0.15) is 0 Å². The zero-order chi connectivity index (χ0) is 14.5. The van der Waals surface area contributed by atoms with Crippen molar-refractivity contribution in [3.05, 3.63) is 59.2 Å². The lowest BCUT2D eigenvalue weighted by Crippen LogP contribution is -2.39. The minimum absolute atomic E-state index is 0.114. The first-order valence-electron chi connectivity index (χ1n) is 6.31. The molecule has 1 aliphatic carbocycles. The third kappa shape index (κ3) is 1.83. The standard InChI is InChI=1S/C16H13F3O/c1-15(20,16(17,18)19)12-6-7-14-11(9-12)8-10-4-2-3-5-13(10)14/h2-7,9,20H,8H2,1H3. The van der Waals surface area contributed by atoms with Crippen molar-refractivity contribution in [3.63, 3.8) is 0 Å². The van der Waals surface area contributed by atoms with Crippen LogP contribution >= 0.6 is 0 Å². The maximum absolute atomic E-state index is 12.9. The van der Waals surface area contributed by atoms with Crippen molar-refractivity contribution in [3.8, 4) is 11.1 Å². The molecule has 1 nitrogen and oxygen atoms in total. The van der Waals surface area contributed by atoms with Crippen LogP contribution in [-0.2, 0) is 12.0 Å². The van der Waals surface area contributed by atoms with E-state index in [1.165, 1.54) is 12.1 Å². The fraction of sp³-hybridized carbons (Fsp3) is 0.250. The molecule has 1 N–H and O–H groups in total. The first-order valence-corrected chi connectivity index (χ1v) is 6.31. The molecule has 0 bridgehead atoms. The van der Waals surface area contributed by atoms with Crippen molar-refractivity contribution in [2.45, 2.75) is 25.1 Å². The average molecular weight is 278 g/mol. The van der Waals surface area contributed by atoms with Crippen molar-refractivity contribution in [2.75, 3.05) is 0 Å². The van der Waals surface area contributed by atoms with E-state index in [9.17, 15) is 18.3 Å². The van der Waals surface area contributed by atoms with E-state index < -0.39 is 11.8 Å². The molecule has 0 radical (unpaired) electrons. The molecule has 0 aromatic heterocycles. The highest BCUT2D eigenvalue weighted by molar-refractivity contribution is 5.77.